The summed E-state index contributed by atoms with van der Waals surface area (Å²) in [6.45, 7) is 6.27. The predicted octanol–water partition coefficient (Wildman–Crippen LogP) is 3.49. The van der Waals surface area contributed by atoms with Gasteiger partial charge in [-0.25, -0.2) is 9.97 Å². The Kier molecular flexibility index (Phi) is 6.58. The number of amides is 2. The number of nitrogens with zero attached hydrogens (tertiary/aromatic N) is 2. The highest BCUT2D eigenvalue weighted by molar-refractivity contribution is 7.20. The van der Waals surface area contributed by atoms with Crippen LogP contribution in [0.3, 0.4) is 0 Å². The van der Waals surface area contributed by atoms with E-state index in [9.17, 15) is 9.59 Å². The third-order valence-electron chi connectivity index (χ3n) is 4.32. The maximum Gasteiger partial charge on any atom is 0.261 e. The van der Waals surface area contributed by atoms with Crippen LogP contribution in [0.15, 0.2) is 23.8 Å². The molecule has 0 aliphatic rings. The molecule has 0 saturated heterocycles. The van der Waals surface area contributed by atoms with E-state index in [4.69, 9.17) is 0 Å². The van der Waals surface area contributed by atoms with Gasteiger partial charge >= 0.3 is 0 Å². The summed E-state index contributed by atoms with van der Waals surface area (Å²) < 4.78 is 0. The van der Waals surface area contributed by atoms with Gasteiger partial charge in [-0.2, -0.15) is 0 Å². The van der Waals surface area contributed by atoms with E-state index in [1.807, 2.05) is 13.0 Å². The fourth-order valence-electron chi connectivity index (χ4n) is 2.92. The average Bonchev–Trinajstić information content (AvgIpc) is 3.32. The van der Waals surface area contributed by atoms with Crippen molar-refractivity contribution >= 4 is 50.5 Å². The molecule has 0 aromatic carbocycles. The first-order valence-electron chi connectivity index (χ1n) is 9.08. The molecule has 1 atom stereocenters. The van der Waals surface area contributed by atoms with Gasteiger partial charge in [-0.3, -0.25) is 9.59 Å². The second-order valence-corrected chi connectivity index (χ2v) is 8.30. The van der Waals surface area contributed by atoms with Crippen molar-refractivity contribution in [3.05, 3.63) is 39.2 Å². The van der Waals surface area contributed by atoms with Gasteiger partial charge in [0, 0.05) is 24.9 Å². The molecule has 1 unspecified atom stereocenters. The smallest absolute Gasteiger partial charge is 0.261 e. The minimum absolute atomic E-state index is 0.116. The van der Waals surface area contributed by atoms with Crippen molar-refractivity contribution in [2.75, 3.05) is 18.4 Å². The minimum atomic E-state index is -0.165. The maximum absolute atomic E-state index is 12.6. The van der Waals surface area contributed by atoms with Gasteiger partial charge in [0.05, 0.1) is 16.3 Å². The van der Waals surface area contributed by atoms with Gasteiger partial charge < -0.3 is 16.0 Å². The Morgan fingerprint density at radius 3 is 2.68 bits per heavy atom. The van der Waals surface area contributed by atoms with E-state index >= 15 is 0 Å². The van der Waals surface area contributed by atoms with E-state index in [1.165, 1.54) is 29.5 Å². The van der Waals surface area contributed by atoms with Crippen molar-refractivity contribution in [1.29, 1.82) is 0 Å². The van der Waals surface area contributed by atoms with Crippen LogP contribution in [0.1, 0.15) is 46.4 Å². The van der Waals surface area contributed by atoms with Crippen LogP contribution in [0, 0.1) is 6.92 Å². The predicted molar refractivity (Wildman–Crippen MR) is 114 cm³/mol. The van der Waals surface area contributed by atoms with Crippen LogP contribution in [0.4, 0.5) is 5.82 Å². The number of rotatable bonds is 8. The molecule has 148 valence electrons. The number of carbonyl (C=O) groups is 2. The van der Waals surface area contributed by atoms with Crippen LogP contribution in [-0.4, -0.2) is 34.9 Å². The fraction of sp³-hybridized carbons (Fsp3) is 0.368. The second kappa shape index (κ2) is 9.11. The molecule has 0 bridgehead atoms. The minimum Gasteiger partial charge on any atom is -0.362 e. The molecule has 7 nitrogen and oxygen atoms in total. The molecule has 2 amide bonds. The number of anilines is 1. The van der Waals surface area contributed by atoms with E-state index in [-0.39, 0.29) is 17.9 Å². The first-order valence-corrected chi connectivity index (χ1v) is 10.8. The third-order valence-corrected chi connectivity index (χ3v) is 6.51. The van der Waals surface area contributed by atoms with Gasteiger partial charge in [-0.1, -0.05) is 13.0 Å². The van der Waals surface area contributed by atoms with Crippen LogP contribution in [0.25, 0.3) is 10.2 Å². The number of hydrogen-bond acceptors (Lipinski definition) is 7. The average molecular weight is 418 g/mol. The topological polar surface area (TPSA) is 96.0 Å². The molecular formula is C19H23N5O2S2. The van der Waals surface area contributed by atoms with Gasteiger partial charge in [0.1, 0.15) is 17.0 Å². The molecule has 28 heavy (non-hydrogen) atoms. The Bertz CT molecular complexity index is 968. The van der Waals surface area contributed by atoms with Crippen LogP contribution in [0.5, 0.6) is 0 Å². The third kappa shape index (κ3) is 4.48. The van der Waals surface area contributed by atoms with E-state index in [0.29, 0.717) is 18.0 Å². The van der Waals surface area contributed by atoms with Gasteiger partial charge in [-0.05, 0) is 30.4 Å². The molecule has 3 heterocycles. The zero-order valence-corrected chi connectivity index (χ0v) is 17.7. The lowest BCUT2D eigenvalue weighted by molar-refractivity contribution is -0.118. The highest BCUT2D eigenvalue weighted by Crippen LogP contribution is 2.35. The van der Waals surface area contributed by atoms with Crippen LogP contribution in [0.2, 0.25) is 0 Å². The standard InChI is InChI=1S/C19H23N5O2S2/c1-4-13(14-6-5-9-27-14)24-17-15-11(2)16(28-19(15)23-10-22-17)18(26)21-8-7-20-12(3)25/h5-6,9-10,13H,4,7-8H2,1-3H3,(H,20,25)(H,21,26)(H,22,23,24). The molecule has 0 aliphatic carbocycles. The van der Waals surface area contributed by atoms with Gasteiger partial charge in [0.25, 0.3) is 5.91 Å². The largest absolute Gasteiger partial charge is 0.362 e. The van der Waals surface area contributed by atoms with Gasteiger partial charge in [0.15, 0.2) is 0 Å². The molecule has 0 aliphatic heterocycles. The zero-order valence-electron chi connectivity index (χ0n) is 16.0. The summed E-state index contributed by atoms with van der Waals surface area (Å²) >= 11 is 3.07. The molecule has 0 fully saturated rings. The van der Waals surface area contributed by atoms with Crippen LogP contribution in [-0.2, 0) is 4.79 Å². The van der Waals surface area contributed by atoms with E-state index in [0.717, 1.165) is 28.0 Å². The molecule has 0 spiro atoms. The molecule has 9 heteroatoms. The lowest BCUT2D eigenvalue weighted by Crippen LogP contribution is -2.33. The molecular weight excluding hydrogens is 394 g/mol. The number of carbonyl (C=O) groups excluding carboxylic acids is 2. The van der Waals surface area contributed by atoms with Crippen molar-refractivity contribution in [1.82, 2.24) is 20.6 Å². The van der Waals surface area contributed by atoms with Gasteiger partial charge in [0.2, 0.25) is 5.91 Å². The molecule has 3 N–H and O–H groups in total. The number of aryl methyl sites for hydroxylation is 1. The van der Waals surface area contributed by atoms with E-state index in [1.54, 1.807) is 11.3 Å². The Labute approximate surface area is 171 Å². The van der Waals surface area contributed by atoms with Crippen LogP contribution < -0.4 is 16.0 Å². The molecule has 0 saturated carbocycles. The van der Waals surface area contributed by atoms with Crippen molar-refractivity contribution in [2.45, 2.75) is 33.2 Å². The SMILES string of the molecule is CCC(Nc1ncnc2sc(C(=O)NCCNC(C)=O)c(C)c12)c1cccs1. The summed E-state index contributed by atoms with van der Waals surface area (Å²) in [7, 11) is 0. The van der Waals surface area contributed by atoms with E-state index in [2.05, 4.69) is 44.3 Å². The summed E-state index contributed by atoms with van der Waals surface area (Å²) in [5.41, 5.74) is 0.862. The number of hydrogen-bond donors (Lipinski definition) is 3. The highest BCUT2D eigenvalue weighted by atomic mass is 32.1. The fourth-order valence-corrected chi connectivity index (χ4v) is 4.85. The molecule has 3 aromatic rings. The monoisotopic (exact) mass is 417 g/mol. The molecule has 3 rings (SSSR count). The summed E-state index contributed by atoms with van der Waals surface area (Å²) in [5.74, 6) is 0.466. The van der Waals surface area contributed by atoms with Crippen molar-refractivity contribution in [3.63, 3.8) is 0 Å². The quantitative estimate of drug-likeness (QED) is 0.488. The highest BCUT2D eigenvalue weighted by Gasteiger charge is 2.21. The Morgan fingerprint density at radius 2 is 2.00 bits per heavy atom. The van der Waals surface area contributed by atoms with Gasteiger partial charge in [-0.15, -0.1) is 22.7 Å². The lowest BCUT2D eigenvalue weighted by Gasteiger charge is -2.16. The summed E-state index contributed by atoms with van der Waals surface area (Å²) in [6, 6.07) is 4.31. The number of aromatic nitrogens is 2. The summed E-state index contributed by atoms with van der Waals surface area (Å²) in [4.78, 5) is 34.9. The first-order chi connectivity index (χ1) is 13.5. The zero-order chi connectivity index (χ0) is 20.1. The Morgan fingerprint density at radius 1 is 1.21 bits per heavy atom. The van der Waals surface area contributed by atoms with Crippen molar-refractivity contribution < 1.29 is 9.59 Å². The number of fused-ring (bicyclic) bond motifs is 1. The molecule has 3 aromatic heterocycles. The Balaban J connectivity index is 1.82. The van der Waals surface area contributed by atoms with Crippen molar-refractivity contribution in [2.24, 2.45) is 0 Å². The first kappa shape index (κ1) is 20.2. The molecule has 0 radical (unpaired) electrons. The summed E-state index contributed by atoms with van der Waals surface area (Å²) in [6.07, 6.45) is 2.45. The number of nitrogens with one attached hydrogen (secondary N) is 3. The van der Waals surface area contributed by atoms with E-state index < -0.39 is 0 Å². The normalized spacial score (nSPS) is 12.0. The maximum atomic E-state index is 12.6. The lowest BCUT2D eigenvalue weighted by atomic mass is 10.1. The number of thiophene rings is 2. The van der Waals surface area contributed by atoms with Crippen LogP contribution >= 0.6 is 22.7 Å². The summed E-state index contributed by atoms with van der Waals surface area (Å²) in [5, 5.41) is 12.0. The van der Waals surface area contributed by atoms with Crippen molar-refractivity contribution in [3.8, 4) is 0 Å². The Hall–Kier alpha value is -2.52. The second-order valence-electron chi connectivity index (χ2n) is 6.32.